The molecule has 1 aliphatic rings. The Morgan fingerprint density at radius 1 is 1.41 bits per heavy atom. The van der Waals surface area contributed by atoms with E-state index >= 15 is 0 Å². The molecule has 2 rings (SSSR count). The number of methoxy groups -OCH3 is 1. The molecule has 22 heavy (non-hydrogen) atoms. The van der Waals surface area contributed by atoms with Gasteiger partial charge in [-0.2, -0.15) is 0 Å². The van der Waals surface area contributed by atoms with Gasteiger partial charge in [0.15, 0.2) is 0 Å². The first kappa shape index (κ1) is 16.5. The van der Waals surface area contributed by atoms with Crippen molar-refractivity contribution in [2.24, 2.45) is 5.92 Å². The van der Waals surface area contributed by atoms with Gasteiger partial charge in [0, 0.05) is 12.2 Å². The number of benzene rings is 1. The lowest BCUT2D eigenvalue weighted by Crippen LogP contribution is -2.39. The SMILES string of the molecule is COC(=O)c1ccc(C)c(NC(=O)CN2CCCC(C)C2)c1. The van der Waals surface area contributed by atoms with Crippen LogP contribution in [0.5, 0.6) is 0 Å². The van der Waals surface area contributed by atoms with E-state index in [1.807, 2.05) is 13.0 Å². The number of nitrogens with one attached hydrogen (secondary N) is 1. The summed E-state index contributed by atoms with van der Waals surface area (Å²) < 4.78 is 4.71. The van der Waals surface area contributed by atoms with Crippen LogP contribution >= 0.6 is 0 Å². The Labute approximate surface area is 131 Å². The number of likely N-dealkylation sites (tertiary alicyclic amines) is 1. The second kappa shape index (κ2) is 7.40. The largest absolute Gasteiger partial charge is 0.465 e. The zero-order chi connectivity index (χ0) is 16.1. The summed E-state index contributed by atoms with van der Waals surface area (Å²) >= 11 is 0. The van der Waals surface area contributed by atoms with Crippen molar-refractivity contribution in [3.8, 4) is 0 Å². The molecule has 0 saturated carbocycles. The molecule has 1 aromatic rings. The minimum Gasteiger partial charge on any atom is -0.465 e. The van der Waals surface area contributed by atoms with E-state index in [1.165, 1.54) is 13.5 Å². The zero-order valence-corrected chi connectivity index (χ0v) is 13.5. The number of esters is 1. The van der Waals surface area contributed by atoms with Crippen LogP contribution in [0.3, 0.4) is 0 Å². The standard InChI is InChI=1S/C17H24N2O3/c1-12-5-4-8-19(10-12)11-16(20)18-15-9-14(17(21)22-3)7-6-13(15)2/h6-7,9,12H,4-5,8,10-11H2,1-3H3,(H,18,20). The number of ether oxygens (including phenoxy) is 1. The number of nitrogens with zero attached hydrogens (tertiary/aromatic N) is 1. The smallest absolute Gasteiger partial charge is 0.337 e. The van der Waals surface area contributed by atoms with Gasteiger partial charge in [0.25, 0.3) is 0 Å². The van der Waals surface area contributed by atoms with Gasteiger partial charge in [-0.3, -0.25) is 9.69 Å². The van der Waals surface area contributed by atoms with Crippen LogP contribution in [0.15, 0.2) is 18.2 Å². The fraction of sp³-hybridized carbons (Fsp3) is 0.529. The first-order chi connectivity index (χ1) is 10.5. The van der Waals surface area contributed by atoms with Crippen LogP contribution in [0.4, 0.5) is 5.69 Å². The van der Waals surface area contributed by atoms with Gasteiger partial charge in [-0.1, -0.05) is 13.0 Å². The van der Waals surface area contributed by atoms with E-state index in [1.54, 1.807) is 12.1 Å². The maximum atomic E-state index is 12.2. The molecule has 1 aliphatic heterocycles. The van der Waals surface area contributed by atoms with Crippen LogP contribution in [-0.4, -0.2) is 43.5 Å². The maximum absolute atomic E-state index is 12.2. The van der Waals surface area contributed by atoms with Crippen molar-refractivity contribution >= 4 is 17.6 Å². The summed E-state index contributed by atoms with van der Waals surface area (Å²) in [7, 11) is 1.35. The fourth-order valence-electron chi connectivity index (χ4n) is 2.82. The third-order valence-corrected chi connectivity index (χ3v) is 4.04. The third kappa shape index (κ3) is 4.31. The monoisotopic (exact) mass is 304 g/mol. The van der Waals surface area contributed by atoms with Gasteiger partial charge in [0.1, 0.15) is 0 Å². The minimum atomic E-state index is -0.402. The predicted octanol–water partition coefficient (Wildman–Crippen LogP) is 2.45. The Hall–Kier alpha value is -1.88. The van der Waals surface area contributed by atoms with E-state index in [0.717, 1.165) is 25.1 Å². The van der Waals surface area contributed by atoms with Crippen LogP contribution in [-0.2, 0) is 9.53 Å². The number of aryl methyl sites for hydroxylation is 1. The second-order valence-electron chi connectivity index (χ2n) is 6.05. The molecule has 1 fully saturated rings. The van der Waals surface area contributed by atoms with Gasteiger partial charge in [-0.25, -0.2) is 4.79 Å². The highest BCUT2D eigenvalue weighted by molar-refractivity contribution is 5.96. The molecule has 1 amide bonds. The molecule has 0 bridgehead atoms. The molecule has 1 heterocycles. The first-order valence-corrected chi connectivity index (χ1v) is 7.70. The summed E-state index contributed by atoms with van der Waals surface area (Å²) in [6.07, 6.45) is 2.38. The molecule has 1 aromatic carbocycles. The summed E-state index contributed by atoms with van der Waals surface area (Å²) in [6, 6.07) is 5.17. The molecule has 5 heteroatoms. The van der Waals surface area contributed by atoms with Gasteiger partial charge in [-0.15, -0.1) is 0 Å². The Balaban J connectivity index is 2.00. The molecule has 1 N–H and O–H groups in total. The van der Waals surface area contributed by atoms with Crippen LogP contribution in [0.2, 0.25) is 0 Å². The molecule has 120 valence electrons. The van der Waals surface area contributed by atoms with Gasteiger partial charge in [-0.05, 0) is 49.9 Å². The molecule has 0 spiro atoms. The molecule has 1 unspecified atom stereocenters. The minimum absolute atomic E-state index is 0.0424. The average molecular weight is 304 g/mol. The van der Waals surface area contributed by atoms with Gasteiger partial charge >= 0.3 is 5.97 Å². The number of anilines is 1. The number of hydrogen-bond donors (Lipinski definition) is 1. The summed E-state index contributed by atoms with van der Waals surface area (Å²) in [6.45, 7) is 6.45. The lowest BCUT2D eigenvalue weighted by molar-refractivity contribution is -0.117. The Morgan fingerprint density at radius 2 is 2.18 bits per heavy atom. The summed E-state index contributed by atoms with van der Waals surface area (Å²) in [5, 5.41) is 2.90. The Morgan fingerprint density at radius 3 is 2.86 bits per heavy atom. The highest BCUT2D eigenvalue weighted by Gasteiger charge is 2.19. The molecular formula is C17H24N2O3. The quantitative estimate of drug-likeness (QED) is 0.868. The molecule has 0 aromatic heterocycles. The number of carbonyl (C=O) groups excluding carboxylic acids is 2. The number of carbonyl (C=O) groups is 2. The van der Waals surface area contributed by atoms with Gasteiger partial charge < -0.3 is 10.1 Å². The van der Waals surface area contributed by atoms with Crippen LogP contribution < -0.4 is 5.32 Å². The maximum Gasteiger partial charge on any atom is 0.337 e. The zero-order valence-electron chi connectivity index (χ0n) is 13.5. The highest BCUT2D eigenvalue weighted by atomic mass is 16.5. The molecule has 1 saturated heterocycles. The molecule has 0 aliphatic carbocycles. The summed E-state index contributed by atoms with van der Waals surface area (Å²) in [4.78, 5) is 26.0. The summed E-state index contributed by atoms with van der Waals surface area (Å²) in [5.74, 6) is 0.200. The fourth-order valence-corrected chi connectivity index (χ4v) is 2.82. The van der Waals surface area contributed by atoms with Crippen LogP contribution in [0.25, 0.3) is 0 Å². The van der Waals surface area contributed by atoms with Crippen molar-refractivity contribution in [1.82, 2.24) is 4.90 Å². The van der Waals surface area contributed by atoms with Gasteiger partial charge in [0.2, 0.25) is 5.91 Å². The third-order valence-electron chi connectivity index (χ3n) is 4.04. The van der Waals surface area contributed by atoms with Crippen LogP contribution in [0, 0.1) is 12.8 Å². The van der Waals surface area contributed by atoms with E-state index in [-0.39, 0.29) is 5.91 Å². The van der Waals surface area contributed by atoms with Gasteiger partial charge in [0.05, 0.1) is 19.2 Å². The highest BCUT2D eigenvalue weighted by Crippen LogP contribution is 2.19. The van der Waals surface area contributed by atoms with Crippen molar-refractivity contribution in [2.75, 3.05) is 32.1 Å². The Kier molecular flexibility index (Phi) is 5.55. The second-order valence-corrected chi connectivity index (χ2v) is 6.05. The van der Waals surface area contributed by atoms with Crippen LogP contribution in [0.1, 0.15) is 35.7 Å². The van der Waals surface area contributed by atoms with Crippen molar-refractivity contribution in [2.45, 2.75) is 26.7 Å². The lowest BCUT2D eigenvalue weighted by Gasteiger charge is -2.30. The number of rotatable bonds is 4. The van der Waals surface area contributed by atoms with Crippen molar-refractivity contribution in [3.63, 3.8) is 0 Å². The lowest BCUT2D eigenvalue weighted by atomic mass is 10.0. The first-order valence-electron chi connectivity index (χ1n) is 7.70. The van der Waals surface area contributed by atoms with E-state index in [2.05, 4.69) is 17.1 Å². The van der Waals surface area contributed by atoms with E-state index in [9.17, 15) is 9.59 Å². The van der Waals surface area contributed by atoms with E-state index in [0.29, 0.717) is 23.7 Å². The average Bonchev–Trinajstić information content (AvgIpc) is 2.48. The van der Waals surface area contributed by atoms with Crippen molar-refractivity contribution < 1.29 is 14.3 Å². The van der Waals surface area contributed by atoms with E-state index in [4.69, 9.17) is 4.74 Å². The molecular weight excluding hydrogens is 280 g/mol. The molecule has 0 radical (unpaired) electrons. The normalized spacial score (nSPS) is 18.8. The number of hydrogen-bond acceptors (Lipinski definition) is 4. The molecule has 5 nitrogen and oxygen atoms in total. The predicted molar refractivity (Wildman–Crippen MR) is 86.0 cm³/mol. The van der Waals surface area contributed by atoms with Crippen molar-refractivity contribution in [1.29, 1.82) is 0 Å². The Bertz CT molecular complexity index is 557. The summed E-state index contributed by atoms with van der Waals surface area (Å²) in [5.41, 5.74) is 2.03. The van der Waals surface area contributed by atoms with Crippen molar-refractivity contribution in [3.05, 3.63) is 29.3 Å². The topological polar surface area (TPSA) is 58.6 Å². The number of piperidine rings is 1. The van der Waals surface area contributed by atoms with E-state index < -0.39 is 5.97 Å². The number of amides is 1. The molecule has 1 atom stereocenters.